The summed E-state index contributed by atoms with van der Waals surface area (Å²) < 4.78 is 38.9. The van der Waals surface area contributed by atoms with E-state index in [4.69, 9.17) is 18.0 Å². The van der Waals surface area contributed by atoms with Gasteiger partial charge in [-0.3, -0.25) is 0 Å². The predicted molar refractivity (Wildman–Crippen MR) is 69.2 cm³/mol. The topological polar surface area (TPSA) is 43.8 Å². The zero-order chi connectivity index (χ0) is 14.2. The lowest BCUT2D eigenvalue weighted by atomic mass is 10.1. The highest BCUT2D eigenvalue weighted by Crippen LogP contribution is 2.30. The molecule has 7 heteroatoms. The fraction of sp³-hybridized carbons (Fsp3) is 0.167. The van der Waals surface area contributed by atoms with Crippen molar-refractivity contribution in [1.82, 2.24) is 9.78 Å². The van der Waals surface area contributed by atoms with E-state index in [2.05, 4.69) is 5.10 Å². The third kappa shape index (κ3) is 2.60. The summed E-state index contributed by atoms with van der Waals surface area (Å²) in [5.74, 6) is 0. The Hall–Kier alpha value is -1.89. The van der Waals surface area contributed by atoms with Gasteiger partial charge in [-0.1, -0.05) is 24.4 Å². The number of alkyl halides is 3. The first-order chi connectivity index (χ1) is 8.80. The zero-order valence-corrected chi connectivity index (χ0v) is 10.7. The Morgan fingerprint density at radius 1 is 1.37 bits per heavy atom. The van der Waals surface area contributed by atoms with Gasteiger partial charge in [0.2, 0.25) is 0 Å². The number of nitrogens with zero attached hydrogens (tertiary/aromatic N) is 2. The summed E-state index contributed by atoms with van der Waals surface area (Å²) in [6, 6.07) is 5.15. The van der Waals surface area contributed by atoms with E-state index in [1.165, 1.54) is 0 Å². The van der Waals surface area contributed by atoms with Crippen molar-refractivity contribution in [2.75, 3.05) is 0 Å². The van der Waals surface area contributed by atoms with Gasteiger partial charge in [0, 0.05) is 11.8 Å². The molecule has 0 spiro atoms. The van der Waals surface area contributed by atoms with Crippen LogP contribution in [-0.2, 0) is 6.18 Å². The maximum Gasteiger partial charge on any atom is 0.419 e. The molecule has 2 aromatic rings. The van der Waals surface area contributed by atoms with Gasteiger partial charge in [-0.25, -0.2) is 4.68 Å². The average Bonchev–Trinajstić information content (AvgIpc) is 2.77. The van der Waals surface area contributed by atoms with Gasteiger partial charge in [0.05, 0.1) is 17.4 Å². The highest BCUT2D eigenvalue weighted by Gasteiger charge is 2.32. The van der Waals surface area contributed by atoms with Crippen LogP contribution in [0.3, 0.4) is 0 Å². The first-order valence-corrected chi connectivity index (χ1v) is 5.73. The molecule has 0 bridgehead atoms. The van der Waals surface area contributed by atoms with E-state index in [-0.39, 0.29) is 4.99 Å². The van der Waals surface area contributed by atoms with E-state index in [1.807, 2.05) is 0 Å². The molecule has 0 amide bonds. The Morgan fingerprint density at radius 2 is 2.05 bits per heavy atom. The number of nitrogens with two attached hydrogens (primary N) is 1. The van der Waals surface area contributed by atoms with Crippen molar-refractivity contribution >= 4 is 17.2 Å². The number of thiocarbonyl (C=S) groups is 1. The van der Waals surface area contributed by atoms with Crippen LogP contribution in [-0.4, -0.2) is 14.8 Å². The van der Waals surface area contributed by atoms with Crippen LogP contribution in [0.1, 0.15) is 16.7 Å². The molecule has 1 aromatic heterocycles. The molecule has 3 nitrogen and oxygen atoms in total. The highest BCUT2D eigenvalue weighted by atomic mass is 32.1. The average molecular weight is 285 g/mol. The lowest BCUT2D eigenvalue weighted by Crippen LogP contribution is -2.14. The van der Waals surface area contributed by atoms with Crippen molar-refractivity contribution in [2.24, 2.45) is 5.73 Å². The van der Waals surface area contributed by atoms with Crippen LogP contribution in [0.15, 0.2) is 30.6 Å². The van der Waals surface area contributed by atoms with Gasteiger partial charge in [0.15, 0.2) is 0 Å². The standard InChI is InChI=1S/C12H10F3N3S/c1-7-3-2-4-9(11(16)19)10(7)18-6-8(5-17-18)12(13,14)15/h2-6H,1H3,(H2,16,19). The van der Waals surface area contributed by atoms with Crippen LogP contribution in [0.2, 0.25) is 0 Å². The summed E-state index contributed by atoms with van der Waals surface area (Å²) in [5.41, 5.74) is 6.46. The predicted octanol–water partition coefficient (Wildman–Crippen LogP) is 2.83. The van der Waals surface area contributed by atoms with Crippen LogP contribution in [0, 0.1) is 6.92 Å². The van der Waals surface area contributed by atoms with E-state index in [0.717, 1.165) is 22.6 Å². The number of aryl methyl sites for hydroxylation is 1. The van der Waals surface area contributed by atoms with E-state index < -0.39 is 11.7 Å². The molecule has 0 aliphatic rings. The monoisotopic (exact) mass is 285 g/mol. The van der Waals surface area contributed by atoms with E-state index >= 15 is 0 Å². The molecule has 0 fully saturated rings. The largest absolute Gasteiger partial charge is 0.419 e. The Bertz CT molecular complexity index is 631. The molecular weight excluding hydrogens is 275 g/mol. The van der Waals surface area contributed by atoms with Gasteiger partial charge < -0.3 is 5.73 Å². The molecule has 0 saturated heterocycles. The fourth-order valence-electron chi connectivity index (χ4n) is 1.75. The minimum atomic E-state index is -4.43. The minimum absolute atomic E-state index is 0.114. The molecule has 0 aliphatic heterocycles. The summed E-state index contributed by atoms with van der Waals surface area (Å²) in [6.45, 7) is 1.76. The van der Waals surface area contributed by atoms with Crippen molar-refractivity contribution in [3.8, 4) is 5.69 Å². The number of hydrogen-bond acceptors (Lipinski definition) is 2. The maximum atomic E-state index is 12.6. The lowest BCUT2D eigenvalue weighted by molar-refractivity contribution is -0.137. The molecular formula is C12H10F3N3S. The second-order valence-corrected chi connectivity index (χ2v) is 4.45. The van der Waals surface area contributed by atoms with Gasteiger partial charge in [-0.05, 0) is 18.6 Å². The smallest absolute Gasteiger partial charge is 0.389 e. The quantitative estimate of drug-likeness (QED) is 0.863. The zero-order valence-electron chi connectivity index (χ0n) is 9.90. The van der Waals surface area contributed by atoms with Crippen molar-refractivity contribution in [3.63, 3.8) is 0 Å². The van der Waals surface area contributed by atoms with Gasteiger partial charge in [-0.2, -0.15) is 18.3 Å². The normalized spacial score (nSPS) is 11.6. The molecule has 0 unspecified atom stereocenters. The van der Waals surface area contributed by atoms with E-state index in [9.17, 15) is 13.2 Å². The van der Waals surface area contributed by atoms with Gasteiger partial charge in [0.25, 0.3) is 0 Å². The first kappa shape index (κ1) is 13.5. The number of benzene rings is 1. The van der Waals surface area contributed by atoms with E-state index in [1.54, 1.807) is 25.1 Å². The first-order valence-electron chi connectivity index (χ1n) is 5.32. The Kier molecular flexibility index (Phi) is 3.32. The Labute approximate surface area is 112 Å². The minimum Gasteiger partial charge on any atom is -0.389 e. The third-order valence-corrected chi connectivity index (χ3v) is 2.86. The number of para-hydroxylation sites is 1. The molecule has 100 valence electrons. The number of hydrogen-bond donors (Lipinski definition) is 1. The van der Waals surface area contributed by atoms with Gasteiger partial charge in [0.1, 0.15) is 4.99 Å². The second-order valence-electron chi connectivity index (χ2n) is 4.01. The molecule has 1 aromatic carbocycles. The lowest BCUT2D eigenvalue weighted by Gasteiger charge is -2.11. The molecule has 2 rings (SSSR count). The number of rotatable bonds is 2. The van der Waals surface area contributed by atoms with Crippen LogP contribution in [0.25, 0.3) is 5.69 Å². The summed E-state index contributed by atoms with van der Waals surface area (Å²) >= 11 is 4.90. The maximum absolute atomic E-state index is 12.6. The van der Waals surface area contributed by atoms with Crippen LogP contribution >= 0.6 is 12.2 Å². The summed E-state index contributed by atoms with van der Waals surface area (Å²) in [7, 11) is 0. The Morgan fingerprint density at radius 3 is 2.58 bits per heavy atom. The van der Waals surface area contributed by atoms with E-state index in [0.29, 0.717) is 11.3 Å². The Balaban J connectivity index is 2.59. The molecule has 2 N–H and O–H groups in total. The van der Waals surface area contributed by atoms with Crippen LogP contribution in [0.4, 0.5) is 13.2 Å². The fourth-order valence-corrected chi connectivity index (χ4v) is 1.92. The van der Waals surface area contributed by atoms with Crippen molar-refractivity contribution in [2.45, 2.75) is 13.1 Å². The molecule has 19 heavy (non-hydrogen) atoms. The third-order valence-electron chi connectivity index (χ3n) is 2.64. The summed E-state index contributed by atoms with van der Waals surface area (Å²) in [6.07, 6.45) is -2.73. The molecule has 1 heterocycles. The highest BCUT2D eigenvalue weighted by molar-refractivity contribution is 7.80. The molecule has 0 aliphatic carbocycles. The number of halogens is 3. The molecule has 0 atom stereocenters. The SMILES string of the molecule is Cc1cccc(C(N)=S)c1-n1cc(C(F)(F)F)cn1. The van der Waals surface area contributed by atoms with Crippen LogP contribution in [0.5, 0.6) is 0 Å². The van der Waals surface area contributed by atoms with Gasteiger partial charge in [-0.15, -0.1) is 0 Å². The van der Waals surface area contributed by atoms with Crippen molar-refractivity contribution in [1.29, 1.82) is 0 Å². The van der Waals surface area contributed by atoms with Crippen molar-refractivity contribution in [3.05, 3.63) is 47.3 Å². The second kappa shape index (κ2) is 4.65. The van der Waals surface area contributed by atoms with Crippen LogP contribution < -0.4 is 5.73 Å². The molecule has 0 saturated carbocycles. The summed E-state index contributed by atoms with van der Waals surface area (Å²) in [5, 5.41) is 3.74. The van der Waals surface area contributed by atoms with Gasteiger partial charge >= 0.3 is 6.18 Å². The van der Waals surface area contributed by atoms with Crippen molar-refractivity contribution < 1.29 is 13.2 Å². The number of aromatic nitrogens is 2. The summed E-state index contributed by atoms with van der Waals surface area (Å²) in [4.78, 5) is 0.114. The molecule has 0 radical (unpaired) electrons.